The van der Waals surface area contributed by atoms with Crippen LogP contribution in [0.5, 0.6) is 0 Å². The fourth-order valence-electron chi connectivity index (χ4n) is 5.16. The largest absolute Gasteiger partial charge is 0.367 e. The molecule has 4 heterocycles. The molecule has 4 rings (SSSR count). The zero-order valence-corrected chi connectivity index (χ0v) is 21.1. The molecule has 2 amide bonds. The van der Waals surface area contributed by atoms with E-state index in [1.807, 2.05) is 30.9 Å². The number of nitrogens with zero attached hydrogens (tertiary/aromatic N) is 5. The van der Waals surface area contributed by atoms with E-state index in [0.717, 1.165) is 12.7 Å². The number of rotatable bonds is 7. The molecule has 200 valence electrons. The van der Waals surface area contributed by atoms with Gasteiger partial charge in [0.2, 0.25) is 11.8 Å². The molecule has 13 heteroatoms. The van der Waals surface area contributed by atoms with Crippen molar-refractivity contribution in [1.29, 1.82) is 0 Å². The molecule has 1 aromatic rings. The maximum absolute atomic E-state index is 15.0. The van der Waals surface area contributed by atoms with Crippen LogP contribution in [-0.4, -0.2) is 111 Å². The summed E-state index contributed by atoms with van der Waals surface area (Å²) >= 11 is 0. The molecule has 3 aliphatic heterocycles. The van der Waals surface area contributed by atoms with Gasteiger partial charge in [-0.05, 0) is 26.9 Å². The van der Waals surface area contributed by atoms with Gasteiger partial charge in [-0.2, -0.15) is 0 Å². The number of carbonyl (C=O) groups excluding carboxylic acids is 2. The van der Waals surface area contributed by atoms with E-state index in [4.69, 9.17) is 5.73 Å². The molecule has 3 saturated heterocycles. The van der Waals surface area contributed by atoms with E-state index >= 15 is 0 Å². The highest BCUT2D eigenvalue weighted by molar-refractivity contribution is 5.96. The van der Waals surface area contributed by atoms with Crippen LogP contribution in [0.3, 0.4) is 0 Å². The quantitative estimate of drug-likeness (QED) is 0.381. The highest BCUT2D eigenvalue weighted by atomic mass is 19.1. The Morgan fingerprint density at radius 1 is 1.22 bits per heavy atom. The molecule has 0 aromatic carbocycles. The van der Waals surface area contributed by atoms with Gasteiger partial charge in [-0.25, -0.2) is 19.2 Å². The third-order valence-corrected chi connectivity index (χ3v) is 7.17. The summed E-state index contributed by atoms with van der Waals surface area (Å²) < 4.78 is 28.7. The fraction of sp³-hybridized carbons (Fsp3) is 0.696. The minimum absolute atomic E-state index is 0.100. The Morgan fingerprint density at radius 3 is 2.64 bits per heavy atom. The molecule has 0 radical (unpaired) electrons. The molecule has 0 spiro atoms. The van der Waals surface area contributed by atoms with Gasteiger partial charge in [0.05, 0.1) is 36.3 Å². The van der Waals surface area contributed by atoms with Crippen molar-refractivity contribution in [3.63, 3.8) is 0 Å². The van der Waals surface area contributed by atoms with Crippen LogP contribution in [0.15, 0.2) is 12.4 Å². The highest BCUT2D eigenvalue weighted by Gasteiger charge is 2.47. The maximum Gasteiger partial charge on any atom is 0.233 e. The number of hydrogen-bond donors (Lipinski definition) is 4. The Balaban J connectivity index is 1.41. The molecule has 36 heavy (non-hydrogen) atoms. The second-order valence-electron chi connectivity index (χ2n) is 10.1. The minimum Gasteiger partial charge on any atom is -0.367 e. The molecule has 3 fully saturated rings. The van der Waals surface area contributed by atoms with Gasteiger partial charge < -0.3 is 25.8 Å². The van der Waals surface area contributed by atoms with Crippen molar-refractivity contribution in [2.75, 3.05) is 70.6 Å². The van der Waals surface area contributed by atoms with Crippen LogP contribution in [0.25, 0.3) is 0 Å². The summed E-state index contributed by atoms with van der Waals surface area (Å²) in [7, 11) is 5.75. The van der Waals surface area contributed by atoms with Crippen LogP contribution in [0.2, 0.25) is 0 Å². The number of fused-ring (bicyclic) bond motifs is 1. The number of nitrogens with one attached hydrogen (secondary N) is 3. The number of amides is 2. The Kier molecular flexibility index (Phi) is 8.35. The lowest BCUT2D eigenvalue weighted by Gasteiger charge is -2.36. The van der Waals surface area contributed by atoms with Crippen molar-refractivity contribution in [2.24, 2.45) is 17.6 Å². The fourth-order valence-corrected chi connectivity index (χ4v) is 5.16. The van der Waals surface area contributed by atoms with E-state index in [-0.39, 0.29) is 36.3 Å². The summed E-state index contributed by atoms with van der Waals surface area (Å²) in [5, 5.41) is 7.42. The first-order valence-electron chi connectivity index (χ1n) is 12.4. The van der Waals surface area contributed by atoms with Gasteiger partial charge in [-0.1, -0.05) is 0 Å². The lowest BCUT2D eigenvalue weighted by atomic mass is 9.95. The summed E-state index contributed by atoms with van der Waals surface area (Å²) in [6.45, 7) is 2.64. The van der Waals surface area contributed by atoms with E-state index in [0.29, 0.717) is 32.5 Å². The van der Waals surface area contributed by atoms with E-state index < -0.39 is 36.1 Å². The summed E-state index contributed by atoms with van der Waals surface area (Å²) in [6, 6.07) is 0. The highest BCUT2D eigenvalue weighted by Crippen LogP contribution is 2.33. The van der Waals surface area contributed by atoms with E-state index in [1.54, 1.807) is 9.91 Å². The first-order valence-corrected chi connectivity index (χ1v) is 12.4. The first kappa shape index (κ1) is 26.6. The molecule has 0 aliphatic carbocycles. The number of alkyl halides is 1. The smallest absolute Gasteiger partial charge is 0.233 e. The molecule has 4 atom stereocenters. The lowest BCUT2D eigenvalue weighted by Crippen LogP contribution is -2.58. The van der Waals surface area contributed by atoms with E-state index in [9.17, 15) is 18.4 Å². The molecule has 11 nitrogen and oxygen atoms in total. The number of hydrazine groups is 1. The summed E-state index contributed by atoms with van der Waals surface area (Å²) in [5.41, 5.74) is 9.58. The van der Waals surface area contributed by atoms with Gasteiger partial charge in [-0.15, -0.1) is 0 Å². The third kappa shape index (κ3) is 5.75. The number of piperidine rings is 1. The molecule has 4 unspecified atom stereocenters. The molecule has 0 bridgehead atoms. The lowest BCUT2D eigenvalue weighted by molar-refractivity contribution is -0.135. The van der Waals surface area contributed by atoms with Gasteiger partial charge in [-0.3, -0.25) is 19.9 Å². The maximum atomic E-state index is 15.0. The Bertz CT molecular complexity index is 944. The van der Waals surface area contributed by atoms with Crippen molar-refractivity contribution < 1.29 is 18.4 Å². The van der Waals surface area contributed by atoms with Crippen molar-refractivity contribution in [3.05, 3.63) is 18.2 Å². The average Bonchev–Trinajstić information content (AvgIpc) is 3.17. The molecule has 3 aliphatic rings. The van der Waals surface area contributed by atoms with Crippen LogP contribution in [-0.2, 0) is 9.59 Å². The number of likely N-dealkylation sites (N-methyl/N-ethyl adjacent to an activating group) is 2. The Morgan fingerprint density at radius 2 is 1.94 bits per heavy atom. The van der Waals surface area contributed by atoms with Gasteiger partial charge in [0.25, 0.3) is 0 Å². The molecule has 5 N–H and O–H groups in total. The second-order valence-corrected chi connectivity index (χ2v) is 10.1. The number of pyridine rings is 1. The van der Waals surface area contributed by atoms with Crippen molar-refractivity contribution in [1.82, 2.24) is 30.5 Å². The van der Waals surface area contributed by atoms with E-state index in [2.05, 4.69) is 21.0 Å². The second kappa shape index (κ2) is 11.3. The van der Waals surface area contributed by atoms with Crippen molar-refractivity contribution in [3.8, 4) is 0 Å². The van der Waals surface area contributed by atoms with Gasteiger partial charge in [0.1, 0.15) is 11.9 Å². The number of nitrogens with two attached hydrogens (primary N) is 1. The Labute approximate surface area is 210 Å². The molecule has 0 saturated carbocycles. The van der Waals surface area contributed by atoms with Crippen molar-refractivity contribution in [2.45, 2.75) is 31.3 Å². The zero-order chi connectivity index (χ0) is 26.0. The number of aromatic nitrogens is 1. The first-order chi connectivity index (χ1) is 17.2. The number of halogens is 2. The van der Waals surface area contributed by atoms with Crippen molar-refractivity contribution >= 4 is 23.2 Å². The van der Waals surface area contributed by atoms with Gasteiger partial charge in [0.15, 0.2) is 5.82 Å². The van der Waals surface area contributed by atoms with Gasteiger partial charge in [0, 0.05) is 52.2 Å². The normalized spacial score (nSPS) is 27.2. The summed E-state index contributed by atoms with van der Waals surface area (Å²) in [4.78, 5) is 35.6. The zero-order valence-electron chi connectivity index (χ0n) is 21.1. The predicted octanol–water partition coefficient (Wildman–Crippen LogP) is -0.616. The number of hydrogen-bond acceptors (Lipinski definition) is 9. The molecular weight excluding hydrogens is 472 g/mol. The van der Waals surface area contributed by atoms with Crippen LogP contribution >= 0.6 is 0 Å². The predicted molar refractivity (Wildman–Crippen MR) is 132 cm³/mol. The number of anilines is 2. The average molecular weight is 510 g/mol. The molecular formula is C23H37F2N9O2. The number of carbonyl (C=O) groups is 2. The standard InChI is InChI=1S/C23H37F2N9O2/c1-31(2)8-9-32(3)23(36)14-4-6-33(7-5-14)19-16(25)11-27-12-17(19)29-22(35)18-20(26)30-34-13-15(24)10-28-21(18)34/h11-12,14-15,18,20-21,28,30H,4-10,13,26H2,1-3H3,(H,29,35). The Hall–Kier alpha value is -2.45. The van der Waals surface area contributed by atoms with Crippen LogP contribution in [0.4, 0.5) is 20.2 Å². The topological polar surface area (TPSA) is 122 Å². The monoisotopic (exact) mass is 509 g/mol. The minimum atomic E-state index is -1.07. The van der Waals surface area contributed by atoms with Crippen LogP contribution in [0.1, 0.15) is 12.8 Å². The molecule has 1 aromatic heterocycles. The van der Waals surface area contributed by atoms with Crippen LogP contribution in [0, 0.1) is 17.7 Å². The van der Waals surface area contributed by atoms with E-state index in [1.165, 1.54) is 6.20 Å². The summed E-state index contributed by atoms with van der Waals surface area (Å²) in [5.74, 6) is -1.69. The SMILES string of the molecule is CN(C)CCN(C)C(=O)C1CCN(c2c(F)cncc2NC(=O)C2C(N)NN3CC(F)CNC23)CC1. The summed E-state index contributed by atoms with van der Waals surface area (Å²) in [6.07, 6.45) is 1.45. The van der Waals surface area contributed by atoms with Crippen LogP contribution < -0.4 is 26.7 Å². The third-order valence-electron chi connectivity index (χ3n) is 7.17. The van der Waals surface area contributed by atoms with Gasteiger partial charge >= 0.3 is 0 Å².